The van der Waals surface area contributed by atoms with E-state index in [0.717, 1.165) is 37.3 Å². The van der Waals surface area contributed by atoms with Gasteiger partial charge in [-0.3, -0.25) is 9.89 Å². The highest BCUT2D eigenvalue weighted by molar-refractivity contribution is 7.80. The number of para-hydroxylation sites is 1. The second kappa shape index (κ2) is 8.48. The number of thiocarbonyl (C=S) groups is 1. The molecule has 5 nitrogen and oxygen atoms in total. The van der Waals surface area contributed by atoms with Crippen molar-refractivity contribution in [2.45, 2.75) is 64.5 Å². The minimum atomic E-state index is -0.207. The fourth-order valence-corrected chi connectivity index (χ4v) is 4.46. The minimum Gasteiger partial charge on any atom is -0.489 e. The van der Waals surface area contributed by atoms with E-state index in [4.69, 9.17) is 17.0 Å². The maximum Gasteiger partial charge on any atom is 0.276 e. The van der Waals surface area contributed by atoms with Crippen molar-refractivity contribution in [3.63, 3.8) is 0 Å². The number of nitrogens with zero attached hydrogens (tertiary/aromatic N) is 2. The zero-order chi connectivity index (χ0) is 20.2. The number of amidine groups is 1. The average Bonchev–Trinajstić information content (AvgIpc) is 2.91. The number of ether oxygens (including phenoxy) is 1. The smallest absolute Gasteiger partial charge is 0.276 e. The third kappa shape index (κ3) is 4.30. The van der Waals surface area contributed by atoms with Crippen LogP contribution in [0.1, 0.15) is 52.9 Å². The Labute approximate surface area is 173 Å². The van der Waals surface area contributed by atoms with Gasteiger partial charge in [0.15, 0.2) is 0 Å². The van der Waals surface area contributed by atoms with Crippen molar-refractivity contribution in [3.8, 4) is 11.8 Å². The summed E-state index contributed by atoms with van der Waals surface area (Å²) < 4.78 is 6.08. The van der Waals surface area contributed by atoms with Gasteiger partial charge < -0.3 is 4.74 Å². The quantitative estimate of drug-likeness (QED) is 0.588. The summed E-state index contributed by atoms with van der Waals surface area (Å²) in [5.41, 5.74) is -0.217. The van der Waals surface area contributed by atoms with Crippen molar-refractivity contribution in [2.75, 3.05) is 13.2 Å². The fraction of sp³-hybridized carbons (Fsp3) is 0.591. The Balaban J connectivity index is 1.89. The first-order chi connectivity index (χ1) is 13.4. The van der Waals surface area contributed by atoms with Gasteiger partial charge in [-0.25, -0.2) is 5.32 Å². The van der Waals surface area contributed by atoms with Crippen LogP contribution < -0.4 is 15.0 Å². The van der Waals surface area contributed by atoms with E-state index in [-0.39, 0.29) is 17.0 Å². The molecular formula is C22H31N4OS+. The molecule has 0 unspecified atom stereocenters. The molecule has 2 fully saturated rings. The third-order valence-corrected chi connectivity index (χ3v) is 6.21. The lowest BCUT2D eigenvalue weighted by Crippen LogP contribution is -2.88. The Morgan fingerprint density at radius 1 is 1.25 bits per heavy atom. The topological polar surface area (TPSA) is 62.3 Å². The molecule has 0 radical (unpaired) electrons. The summed E-state index contributed by atoms with van der Waals surface area (Å²) in [5, 5.41) is 13.4. The Morgan fingerprint density at radius 3 is 2.54 bits per heavy atom. The zero-order valence-electron chi connectivity index (χ0n) is 17.1. The van der Waals surface area contributed by atoms with Crippen molar-refractivity contribution in [3.05, 3.63) is 30.3 Å². The lowest BCUT2D eigenvalue weighted by molar-refractivity contribution is -0.529. The molecule has 2 aliphatic rings. The van der Waals surface area contributed by atoms with Crippen molar-refractivity contribution in [1.82, 2.24) is 10.2 Å². The van der Waals surface area contributed by atoms with E-state index in [1.165, 1.54) is 6.42 Å². The standard InChI is InChI=1S/C22H30N4OS/c1-21(2,3)18(16-27-17-10-6-4-7-11-17)24-19-22(12-8-5-9-13-22)26(15-14-23)20(28)25-19/h4,6-7,10-11,18H,5,8-9,12-13,15-16H2,1-3H3,(H,24,25,28)/p+1/t18-/m0/s1. The maximum atomic E-state index is 9.34. The normalized spacial score (nSPS) is 21.4. The van der Waals surface area contributed by atoms with Gasteiger partial charge in [0, 0.05) is 5.41 Å². The summed E-state index contributed by atoms with van der Waals surface area (Å²) in [7, 11) is 0. The van der Waals surface area contributed by atoms with Gasteiger partial charge in [-0.15, -0.1) is 0 Å². The molecule has 150 valence electrons. The first kappa shape index (κ1) is 20.6. The molecule has 1 aromatic carbocycles. The molecule has 0 amide bonds. The van der Waals surface area contributed by atoms with Crippen LogP contribution in [-0.4, -0.2) is 40.6 Å². The number of hydrogen-bond acceptors (Lipinski definition) is 3. The third-order valence-electron chi connectivity index (χ3n) is 5.89. The van der Waals surface area contributed by atoms with Crippen LogP contribution in [0, 0.1) is 16.7 Å². The van der Waals surface area contributed by atoms with Crippen molar-refractivity contribution < 1.29 is 9.73 Å². The lowest BCUT2D eigenvalue weighted by Gasteiger charge is -2.37. The van der Waals surface area contributed by atoms with E-state index in [2.05, 4.69) is 42.0 Å². The van der Waals surface area contributed by atoms with Gasteiger partial charge >= 0.3 is 0 Å². The number of rotatable bonds is 5. The molecule has 3 rings (SSSR count). The Hall–Kier alpha value is -2.13. The molecule has 6 heteroatoms. The van der Waals surface area contributed by atoms with E-state index >= 15 is 0 Å². The van der Waals surface area contributed by atoms with Crippen LogP contribution >= 0.6 is 12.2 Å². The molecule has 0 aromatic heterocycles. The molecule has 1 heterocycles. The van der Waals surface area contributed by atoms with Gasteiger partial charge in [0.2, 0.25) is 0 Å². The second-order valence-electron chi connectivity index (χ2n) is 8.83. The van der Waals surface area contributed by atoms with Crippen LogP contribution in [0.2, 0.25) is 0 Å². The highest BCUT2D eigenvalue weighted by atomic mass is 32.1. The summed E-state index contributed by atoms with van der Waals surface area (Å²) in [6.45, 7) is 7.52. The van der Waals surface area contributed by atoms with Crippen LogP contribution in [-0.2, 0) is 0 Å². The number of nitrogens with one attached hydrogen (secondary N) is 2. The number of hydrogen-bond donors (Lipinski definition) is 2. The molecule has 2 N–H and O–H groups in total. The average molecular weight is 400 g/mol. The molecule has 1 saturated carbocycles. The Kier molecular flexibility index (Phi) is 6.24. The molecule has 1 aliphatic heterocycles. The molecule has 1 aromatic rings. The molecule has 28 heavy (non-hydrogen) atoms. The largest absolute Gasteiger partial charge is 0.489 e. The predicted molar refractivity (Wildman–Crippen MR) is 115 cm³/mol. The summed E-state index contributed by atoms with van der Waals surface area (Å²) in [5.74, 6) is 1.92. The van der Waals surface area contributed by atoms with Gasteiger partial charge in [0.1, 0.15) is 30.5 Å². The number of nitriles is 1. The van der Waals surface area contributed by atoms with Gasteiger partial charge in [0.25, 0.3) is 10.9 Å². The monoisotopic (exact) mass is 399 g/mol. The van der Waals surface area contributed by atoms with Crippen LogP contribution in [0.25, 0.3) is 0 Å². The zero-order valence-corrected chi connectivity index (χ0v) is 17.9. The first-order valence-electron chi connectivity index (χ1n) is 10.1. The van der Waals surface area contributed by atoms with E-state index in [1.807, 2.05) is 30.3 Å². The van der Waals surface area contributed by atoms with Crippen LogP contribution in [0.5, 0.6) is 5.75 Å². The van der Waals surface area contributed by atoms with E-state index in [0.29, 0.717) is 18.3 Å². The molecule has 1 spiro atoms. The second-order valence-corrected chi connectivity index (χ2v) is 9.22. The minimum absolute atomic E-state index is 0.0103. The van der Waals surface area contributed by atoms with Crippen molar-refractivity contribution >= 4 is 23.2 Å². The molecular weight excluding hydrogens is 368 g/mol. The van der Waals surface area contributed by atoms with E-state index in [9.17, 15) is 5.26 Å². The summed E-state index contributed by atoms with van der Waals surface area (Å²) in [6.07, 6.45) is 5.57. The molecule has 0 bridgehead atoms. The number of benzene rings is 1. The van der Waals surface area contributed by atoms with E-state index < -0.39 is 0 Å². The predicted octanol–water partition coefficient (Wildman–Crippen LogP) is 2.38. The van der Waals surface area contributed by atoms with Gasteiger partial charge in [-0.1, -0.05) is 58.2 Å². The van der Waals surface area contributed by atoms with Crippen LogP contribution in [0.3, 0.4) is 0 Å². The Bertz CT molecular complexity index is 757. The first-order valence-corrected chi connectivity index (χ1v) is 10.5. The summed E-state index contributed by atoms with van der Waals surface area (Å²) in [6, 6.07) is 12.3. The van der Waals surface area contributed by atoms with Crippen LogP contribution in [0.4, 0.5) is 0 Å². The highest BCUT2D eigenvalue weighted by Gasteiger charge is 2.55. The molecule has 1 saturated heterocycles. The Morgan fingerprint density at radius 2 is 1.93 bits per heavy atom. The fourth-order valence-electron chi connectivity index (χ4n) is 4.12. The van der Waals surface area contributed by atoms with Gasteiger partial charge in [0.05, 0.1) is 6.07 Å². The van der Waals surface area contributed by atoms with Crippen molar-refractivity contribution in [2.24, 2.45) is 5.41 Å². The summed E-state index contributed by atoms with van der Waals surface area (Å²) in [4.78, 5) is 5.83. The van der Waals surface area contributed by atoms with E-state index in [1.54, 1.807) is 0 Å². The lowest BCUT2D eigenvalue weighted by atomic mass is 9.79. The highest BCUT2D eigenvalue weighted by Crippen LogP contribution is 2.36. The van der Waals surface area contributed by atoms with Crippen molar-refractivity contribution in [1.29, 1.82) is 5.26 Å². The SMILES string of the molecule is CC(C)(C)[C@H](COc1ccccc1)[NH+]=C1NC(=S)N(CC#N)C12CCCCC2. The van der Waals surface area contributed by atoms with Crippen LogP contribution in [0.15, 0.2) is 30.3 Å². The van der Waals surface area contributed by atoms with Gasteiger partial charge in [-0.2, -0.15) is 5.26 Å². The van der Waals surface area contributed by atoms with Gasteiger partial charge in [-0.05, 0) is 37.2 Å². The summed E-state index contributed by atoms with van der Waals surface area (Å²) >= 11 is 5.60. The maximum absolute atomic E-state index is 9.34. The molecule has 1 atom stereocenters. The molecule has 1 aliphatic carbocycles.